The summed E-state index contributed by atoms with van der Waals surface area (Å²) in [6.45, 7) is -0.712. The van der Waals surface area contributed by atoms with E-state index in [1.54, 1.807) is 23.6 Å². The summed E-state index contributed by atoms with van der Waals surface area (Å²) in [5.74, 6) is -3.47. The SMILES string of the molecule is NC(=O)OCC1(C(=O)O)CS[C@@H]2C(NC(=O)C(Sc3ccccc3C(=O)O)c3csc(N)n3)C(=O)N2C1.[NaH].[NaH]. The molecule has 0 saturated carbocycles. The molecular formula is C21H23N5Na2O8S3. The van der Waals surface area contributed by atoms with E-state index in [-0.39, 0.29) is 82.1 Å². The van der Waals surface area contributed by atoms with Gasteiger partial charge in [-0.2, -0.15) is 0 Å². The van der Waals surface area contributed by atoms with Gasteiger partial charge in [-0.15, -0.1) is 34.9 Å². The van der Waals surface area contributed by atoms with Crippen LogP contribution >= 0.6 is 34.9 Å². The number of nitrogens with one attached hydrogen (secondary N) is 1. The zero-order valence-corrected chi connectivity index (χ0v) is 21.3. The number of ether oxygens (including phenoxy) is 1. The second-order valence-electron chi connectivity index (χ2n) is 8.26. The van der Waals surface area contributed by atoms with Gasteiger partial charge in [0.15, 0.2) is 5.13 Å². The first-order valence-electron chi connectivity index (χ1n) is 10.6. The number of hydrogen-bond donors (Lipinski definition) is 5. The first-order chi connectivity index (χ1) is 17.5. The van der Waals surface area contributed by atoms with E-state index in [0.29, 0.717) is 10.6 Å². The summed E-state index contributed by atoms with van der Waals surface area (Å²) in [5.41, 5.74) is 9.50. The number of aromatic carboxylic acids is 1. The molecule has 39 heavy (non-hydrogen) atoms. The van der Waals surface area contributed by atoms with E-state index in [9.17, 15) is 34.2 Å². The molecule has 1 aromatic carbocycles. The summed E-state index contributed by atoms with van der Waals surface area (Å²) in [6, 6.07) is 5.25. The van der Waals surface area contributed by atoms with Crippen molar-refractivity contribution in [1.29, 1.82) is 0 Å². The summed E-state index contributed by atoms with van der Waals surface area (Å²) >= 11 is 3.21. The van der Waals surface area contributed by atoms with Crippen LogP contribution in [0.4, 0.5) is 9.93 Å². The van der Waals surface area contributed by atoms with Gasteiger partial charge in [-0.25, -0.2) is 14.6 Å². The number of fused-ring (bicyclic) bond motifs is 1. The number of nitrogens with zero attached hydrogens (tertiary/aromatic N) is 2. The quantitative estimate of drug-likeness (QED) is 0.137. The minimum atomic E-state index is -1.53. The van der Waals surface area contributed by atoms with Crippen molar-refractivity contribution in [1.82, 2.24) is 15.2 Å². The maximum absolute atomic E-state index is 13.4. The molecule has 3 amide bonds. The molecule has 4 rings (SSSR count). The molecule has 2 fully saturated rings. The number of β-lactam (4-membered cyclic amide) rings is 1. The standard InChI is InChI=1S/C21H21N5O8S3.2Na.2H/c22-19-24-10(5-35-19)13(37-11-4-2-1-3-9(11)17(29)30)14(27)25-12-15(28)26-6-21(18(31)32,7-34-20(23)33)8-36-16(12)26;;;;/h1-5,12-13,16H,6-8H2,(H2,22,24)(H2,23,33)(H,25,27)(H,29,30)(H,31,32);;;;/t12?,13?,16-,21?;;;;/m1..../s1. The molecule has 0 bridgehead atoms. The molecule has 13 nitrogen and oxygen atoms in total. The van der Waals surface area contributed by atoms with Crippen molar-refractivity contribution >= 4 is 129 Å². The number of rotatable bonds is 9. The van der Waals surface area contributed by atoms with Crippen molar-refractivity contribution < 1.29 is 38.9 Å². The Labute approximate surface area is 278 Å². The predicted octanol–water partition coefficient (Wildman–Crippen LogP) is -0.474. The Morgan fingerprint density at radius 3 is 2.54 bits per heavy atom. The molecule has 0 spiro atoms. The average molecular weight is 616 g/mol. The number of anilines is 1. The van der Waals surface area contributed by atoms with Crippen molar-refractivity contribution in [2.24, 2.45) is 11.1 Å². The molecule has 7 N–H and O–H groups in total. The summed E-state index contributed by atoms with van der Waals surface area (Å²) in [6.07, 6.45) is -1.12. The van der Waals surface area contributed by atoms with Crippen LogP contribution in [0.5, 0.6) is 0 Å². The minimum absolute atomic E-state index is 0. The van der Waals surface area contributed by atoms with Gasteiger partial charge in [-0.1, -0.05) is 12.1 Å². The van der Waals surface area contributed by atoms with Crippen molar-refractivity contribution in [3.05, 3.63) is 40.9 Å². The number of primary amides is 1. The summed E-state index contributed by atoms with van der Waals surface area (Å²) in [4.78, 5) is 66.7. The Hall–Kier alpha value is -1.50. The van der Waals surface area contributed by atoms with Crippen molar-refractivity contribution in [2.75, 3.05) is 24.6 Å². The van der Waals surface area contributed by atoms with Gasteiger partial charge in [0.25, 0.3) is 0 Å². The van der Waals surface area contributed by atoms with E-state index < -0.39 is 58.5 Å². The molecule has 0 aliphatic carbocycles. The number of thiazole rings is 1. The van der Waals surface area contributed by atoms with Crippen LogP contribution in [0.3, 0.4) is 0 Å². The number of nitrogen functional groups attached to an aromatic ring is 1. The van der Waals surface area contributed by atoms with E-state index in [1.165, 1.54) is 11.0 Å². The molecule has 2 saturated heterocycles. The Balaban J connectivity index is 0.00000267. The van der Waals surface area contributed by atoms with Gasteiger partial charge >= 0.3 is 77.1 Å². The second kappa shape index (κ2) is 13.9. The van der Waals surface area contributed by atoms with Crippen LogP contribution < -0.4 is 16.8 Å². The number of amides is 3. The fourth-order valence-corrected chi connectivity index (χ4v) is 7.19. The summed E-state index contributed by atoms with van der Waals surface area (Å²) in [5, 5.41) is 22.2. The first kappa shape index (κ1) is 33.7. The topological polar surface area (TPSA) is 215 Å². The van der Waals surface area contributed by atoms with Gasteiger partial charge in [-0.3, -0.25) is 14.4 Å². The van der Waals surface area contributed by atoms with Crippen LogP contribution in [0.2, 0.25) is 0 Å². The van der Waals surface area contributed by atoms with E-state index >= 15 is 0 Å². The van der Waals surface area contributed by atoms with Crippen LogP contribution in [-0.4, -0.2) is 139 Å². The van der Waals surface area contributed by atoms with Crippen LogP contribution in [-0.2, 0) is 19.1 Å². The number of aromatic nitrogens is 1. The third kappa shape index (κ3) is 7.23. The summed E-state index contributed by atoms with van der Waals surface area (Å²) < 4.78 is 4.72. The molecule has 4 atom stereocenters. The number of carbonyl (C=O) groups excluding carboxylic acids is 3. The Kier molecular flexibility index (Phi) is 12.0. The molecule has 0 radical (unpaired) electrons. The molecule has 200 valence electrons. The maximum atomic E-state index is 13.4. The predicted molar refractivity (Wildman–Crippen MR) is 148 cm³/mol. The van der Waals surface area contributed by atoms with E-state index in [4.69, 9.17) is 16.2 Å². The first-order valence-corrected chi connectivity index (χ1v) is 13.4. The number of thioether (sulfide) groups is 2. The molecule has 1 aromatic heterocycles. The van der Waals surface area contributed by atoms with Gasteiger partial charge in [0, 0.05) is 22.6 Å². The average Bonchev–Trinajstić information content (AvgIpc) is 3.29. The molecular weight excluding hydrogens is 592 g/mol. The van der Waals surface area contributed by atoms with Crippen LogP contribution in [0, 0.1) is 5.41 Å². The van der Waals surface area contributed by atoms with E-state index in [0.717, 1.165) is 34.9 Å². The Morgan fingerprint density at radius 1 is 1.26 bits per heavy atom. The zero-order valence-electron chi connectivity index (χ0n) is 18.9. The van der Waals surface area contributed by atoms with Crippen LogP contribution in [0.25, 0.3) is 0 Å². The van der Waals surface area contributed by atoms with Gasteiger partial charge in [0.1, 0.15) is 28.7 Å². The monoisotopic (exact) mass is 615 g/mol. The molecule has 18 heteroatoms. The Morgan fingerprint density at radius 2 is 1.95 bits per heavy atom. The van der Waals surface area contributed by atoms with E-state index in [2.05, 4.69) is 10.3 Å². The third-order valence-electron chi connectivity index (χ3n) is 5.80. The number of benzene rings is 1. The van der Waals surface area contributed by atoms with Gasteiger partial charge in [-0.05, 0) is 12.1 Å². The number of carbonyl (C=O) groups is 5. The fourth-order valence-electron chi connectivity index (χ4n) is 3.89. The summed E-state index contributed by atoms with van der Waals surface area (Å²) in [7, 11) is 0. The molecule has 3 unspecified atom stereocenters. The number of hydrogen-bond acceptors (Lipinski definition) is 11. The van der Waals surface area contributed by atoms with Crippen molar-refractivity contribution in [2.45, 2.75) is 21.6 Å². The number of aliphatic carboxylic acids is 1. The van der Waals surface area contributed by atoms with Crippen LogP contribution in [0.15, 0.2) is 34.5 Å². The third-order valence-corrected chi connectivity index (χ3v) is 9.38. The van der Waals surface area contributed by atoms with Crippen molar-refractivity contribution in [3.8, 4) is 0 Å². The van der Waals surface area contributed by atoms with Gasteiger partial charge < -0.3 is 36.6 Å². The molecule has 2 aromatic rings. The zero-order chi connectivity index (χ0) is 26.9. The number of carboxylic acids is 2. The number of carboxylic acid groups (broad SMARTS) is 2. The van der Waals surface area contributed by atoms with E-state index in [1.807, 2.05) is 0 Å². The van der Waals surface area contributed by atoms with Crippen LogP contribution in [0.1, 0.15) is 21.3 Å². The van der Waals surface area contributed by atoms with Crippen molar-refractivity contribution in [3.63, 3.8) is 0 Å². The number of nitrogens with two attached hydrogens (primary N) is 2. The second-order valence-corrected chi connectivity index (χ2v) is 11.4. The normalized spacial score (nSPS) is 22.2. The Bertz CT molecular complexity index is 1280. The fraction of sp³-hybridized carbons (Fsp3) is 0.333. The molecule has 2 aliphatic heterocycles. The van der Waals surface area contributed by atoms with Gasteiger partial charge in [0.2, 0.25) is 11.8 Å². The molecule has 3 heterocycles. The van der Waals surface area contributed by atoms with Gasteiger partial charge in [0.05, 0.1) is 11.3 Å². The molecule has 2 aliphatic rings.